The van der Waals surface area contributed by atoms with Crippen molar-refractivity contribution in [2.24, 2.45) is 0 Å². The van der Waals surface area contributed by atoms with Crippen LogP contribution in [0.2, 0.25) is 0 Å². The van der Waals surface area contributed by atoms with Gasteiger partial charge in [-0.15, -0.1) is 0 Å². The summed E-state index contributed by atoms with van der Waals surface area (Å²) < 4.78 is 41.3. The monoisotopic (exact) mass is 402 g/mol. The third-order valence-corrected chi connectivity index (χ3v) is 9.57. The fraction of sp³-hybridized carbons (Fsp3) is 0.611. The number of benzene rings is 1. The van der Waals surface area contributed by atoms with Crippen LogP contribution in [0.1, 0.15) is 39.7 Å². The van der Waals surface area contributed by atoms with Crippen molar-refractivity contribution >= 4 is 24.4 Å². The molecule has 0 radical (unpaired) electrons. The highest BCUT2D eigenvalue weighted by Crippen LogP contribution is 2.77. The molecular formula is C18H27O6PS. The molecule has 1 unspecified atom stereocenters. The summed E-state index contributed by atoms with van der Waals surface area (Å²) in [4.78, 5) is 13.6. The molecule has 6 nitrogen and oxygen atoms in total. The average molecular weight is 402 g/mol. The van der Waals surface area contributed by atoms with Gasteiger partial charge in [0.15, 0.2) is 5.16 Å². The lowest BCUT2D eigenvalue weighted by Crippen LogP contribution is -2.40. The number of carbonyl (C=O) groups is 1. The Bertz CT molecular complexity index is 761. The lowest BCUT2D eigenvalue weighted by atomic mass is 10.2. The molecule has 1 aromatic carbocycles. The predicted octanol–water partition coefficient (Wildman–Crippen LogP) is 3.83. The third kappa shape index (κ3) is 3.31. The molecular weight excluding hydrogens is 375 g/mol. The van der Waals surface area contributed by atoms with E-state index in [1.165, 1.54) is 14.2 Å². The molecule has 0 heterocycles. The quantitative estimate of drug-likeness (QED) is 0.532. The fourth-order valence-electron chi connectivity index (χ4n) is 3.12. The second kappa shape index (κ2) is 6.86. The van der Waals surface area contributed by atoms with Crippen molar-refractivity contribution in [1.82, 2.24) is 0 Å². The molecule has 1 fully saturated rings. The SMILES string of the molecule is COP(=O)(OC)[C@@]1(C(=O)OC(C)(C)C)C[C@@]1(C)S(=O)c1ccc(C)cc1. The number of hydrogen-bond acceptors (Lipinski definition) is 6. The topological polar surface area (TPSA) is 78.9 Å². The number of aryl methyl sites for hydroxylation is 1. The molecule has 1 aliphatic rings. The maximum Gasteiger partial charge on any atom is 0.349 e. The number of hydrogen-bond donors (Lipinski definition) is 0. The molecule has 1 aromatic rings. The molecule has 0 spiro atoms. The standard InChI is InChI=1S/C18H27O6PS/c1-13-8-10-14(11-9-13)26(21)17(5)12-18(17,25(20,22-6)23-7)15(19)24-16(2,3)4/h8-11H,12H2,1-7H3/t17-,18-,26?/m1/s1. The van der Waals surface area contributed by atoms with Gasteiger partial charge in [-0.3, -0.25) is 13.6 Å². The van der Waals surface area contributed by atoms with Gasteiger partial charge < -0.3 is 13.8 Å². The molecule has 1 aliphatic carbocycles. The van der Waals surface area contributed by atoms with Crippen LogP contribution < -0.4 is 0 Å². The zero-order valence-corrected chi connectivity index (χ0v) is 18.0. The summed E-state index contributed by atoms with van der Waals surface area (Å²) >= 11 is 0. The van der Waals surface area contributed by atoms with Crippen LogP contribution in [0.25, 0.3) is 0 Å². The van der Waals surface area contributed by atoms with Crippen LogP contribution in [-0.4, -0.2) is 39.9 Å². The molecule has 0 aromatic heterocycles. The Balaban J connectivity index is 2.51. The molecule has 0 bridgehead atoms. The minimum Gasteiger partial charge on any atom is -0.459 e. The van der Waals surface area contributed by atoms with Gasteiger partial charge >= 0.3 is 13.6 Å². The van der Waals surface area contributed by atoms with Gasteiger partial charge in [-0.1, -0.05) is 17.7 Å². The molecule has 26 heavy (non-hydrogen) atoms. The van der Waals surface area contributed by atoms with Crippen LogP contribution in [0, 0.1) is 6.92 Å². The minimum absolute atomic E-state index is 0.0916. The van der Waals surface area contributed by atoms with Gasteiger partial charge in [0.05, 0.1) is 15.5 Å². The summed E-state index contributed by atoms with van der Waals surface area (Å²) in [5, 5.41) is -1.60. The Kier molecular flexibility index (Phi) is 5.62. The summed E-state index contributed by atoms with van der Waals surface area (Å²) in [7, 11) is -3.03. The first-order valence-electron chi connectivity index (χ1n) is 8.30. The average Bonchev–Trinajstić information content (AvgIpc) is 3.22. The number of carbonyl (C=O) groups excluding carboxylic acids is 1. The van der Waals surface area contributed by atoms with Crippen molar-refractivity contribution in [3.63, 3.8) is 0 Å². The van der Waals surface area contributed by atoms with Gasteiger partial charge in [-0.25, -0.2) is 0 Å². The van der Waals surface area contributed by atoms with Gasteiger partial charge in [0.2, 0.25) is 0 Å². The van der Waals surface area contributed by atoms with E-state index in [0.29, 0.717) is 4.90 Å². The molecule has 0 saturated heterocycles. The lowest BCUT2D eigenvalue weighted by Gasteiger charge is -2.30. The molecule has 146 valence electrons. The largest absolute Gasteiger partial charge is 0.459 e. The van der Waals surface area contributed by atoms with Crippen molar-refractivity contribution in [3.05, 3.63) is 29.8 Å². The van der Waals surface area contributed by atoms with Crippen molar-refractivity contribution in [2.75, 3.05) is 14.2 Å². The van der Waals surface area contributed by atoms with Crippen LogP contribution >= 0.6 is 7.60 Å². The number of ether oxygens (including phenoxy) is 1. The van der Waals surface area contributed by atoms with Crippen LogP contribution in [0.4, 0.5) is 0 Å². The van der Waals surface area contributed by atoms with Crippen molar-refractivity contribution in [2.45, 2.75) is 61.4 Å². The van der Waals surface area contributed by atoms with Crippen LogP contribution in [0.3, 0.4) is 0 Å². The first kappa shape index (κ1) is 21.3. The van der Waals surface area contributed by atoms with Crippen molar-refractivity contribution < 1.29 is 27.4 Å². The summed E-state index contributed by atoms with van der Waals surface area (Å²) in [6, 6.07) is 7.19. The highest BCUT2D eigenvalue weighted by atomic mass is 32.2. The molecule has 3 atom stereocenters. The Labute approximate surface area is 157 Å². The Morgan fingerprint density at radius 2 is 1.65 bits per heavy atom. The first-order chi connectivity index (χ1) is 11.9. The van der Waals surface area contributed by atoms with Gasteiger partial charge in [-0.05, 0) is 53.2 Å². The maximum absolute atomic E-state index is 13.3. The van der Waals surface area contributed by atoms with Crippen molar-refractivity contribution in [1.29, 1.82) is 0 Å². The first-order valence-corrected chi connectivity index (χ1v) is 11.0. The minimum atomic E-state index is -3.89. The molecule has 8 heteroatoms. The van der Waals surface area contributed by atoms with Crippen LogP contribution in [0.15, 0.2) is 29.2 Å². The van der Waals surface area contributed by atoms with Gasteiger partial charge in [0, 0.05) is 19.1 Å². The molecule has 0 aliphatic heterocycles. The normalized spacial score (nSPS) is 27.0. The van der Waals surface area contributed by atoms with Crippen LogP contribution in [0.5, 0.6) is 0 Å². The van der Waals surface area contributed by atoms with E-state index in [2.05, 4.69) is 0 Å². The van der Waals surface area contributed by atoms with E-state index in [4.69, 9.17) is 13.8 Å². The molecule has 2 rings (SSSR count). The van der Waals surface area contributed by atoms with E-state index < -0.39 is 39.9 Å². The molecule has 1 saturated carbocycles. The third-order valence-electron chi connectivity index (χ3n) is 4.67. The van der Waals surface area contributed by atoms with E-state index >= 15 is 0 Å². The summed E-state index contributed by atoms with van der Waals surface area (Å²) in [6.45, 7) is 8.76. The maximum atomic E-state index is 13.3. The lowest BCUT2D eigenvalue weighted by molar-refractivity contribution is -0.155. The summed E-state index contributed by atoms with van der Waals surface area (Å²) in [5.41, 5.74) is 0.246. The molecule has 0 amide bonds. The molecule has 0 N–H and O–H groups in total. The Hall–Kier alpha value is -1.01. The van der Waals surface area contributed by atoms with Gasteiger partial charge in [0.1, 0.15) is 5.60 Å². The summed E-state index contributed by atoms with van der Waals surface area (Å²) in [6.07, 6.45) is 0.0916. The van der Waals surface area contributed by atoms with Crippen molar-refractivity contribution in [3.8, 4) is 0 Å². The van der Waals surface area contributed by atoms with E-state index in [1.807, 2.05) is 19.1 Å². The van der Waals surface area contributed by atoms with Gasteiger partial charge in [0.25, 0.3) is 0 Å². The van der Waals surface area contributed by atoms with E-state index in [-0.39, 0.29) is 6.42 Å². The fourth-order valence-corrected chi connectivity index (χ4v) is 7.58. The predicted molar refractivity (Wildman–Crippen MR) is 101 cm³/mol. The van der Waals surface area contributed by atoms with Gasteiger partial charge in [-0.2, -0.15) is 0 Å². The Morgan fingerprint density at radius 1 is 1.15 bits per heavy atom. The summed E-state index contributed by atoms with van der Waals surface area (Å²) in [5.74, 6) is -0.708. The number of rotatable bonds is 6. The van der Waals surface area contributed by atoms with Crippen LogP contribution in [-0.2, 0) is 33.9 Å². The van der Waals surface area contributed by atoms with E-state index in [0.717, 1.165) is 5.56 Å². The zero-order chi connectivity index (χ0) is 20.0. The van der Waals surface area contributed by atoms with E-state index in [9.17, 15) is 13.6 Å². The highest BCUT2D eigenvalue weighted by Gasteiger charge is 2.84. The van der Waals surface area contributed by atoms with E-state index in [1.54, 1.807) is 39.8 Å². The number of esters is 1. The Morgan fingerprint density at radius 3 is 2.08 bits per heavy atom. The highest BCUT2D eigenvalue weighted by molar-refractivity contribution is 7.88. The second-order valence-corrected chi connectivity index (χ2v) is 12.1. The zero-order valence-electron chi connectivity index (χ0n) is 16.3. The second-order valence-electron chi connectivity index (χ2n) is 7.71. The smallest absolute Gasteiger partial charge is 0.349 e.